The molecule has 0 fully saturated rings. The highest BCUT2D eigenvalue weighted by molar-refractivity contribution is 5.97. The number of carbonyl (C=O) groups is 2. The Bertz CT molecular complexity index is 1070. The summed E-state index contributed by atoms with van der Waals surface area (Å²) in [6, 6.07) is 6.42. The predicted molar refractivity (Wildman–Crippen MR) is 123 cm³/mol. The van der Waals surface area contributed by atoms with Gasteiger partial charge in [-0.1, -0.05) is 13.8 Å². The third-order valence-electron chi connectivity index (χ3n) is 4.69. The third kappa shape index (κ3) is 6.94. The number of amides is 1. The quantitative estimate of drug-likeness (QED) is 0.373. The molecule has 0 aliphatic heterocycles. The lowest BCUT2D eigenvalue weighted by Gasteiger charge is -2.24. The predicted octanol–water partition coefficient (Wildman–Crippen LogP) is 1.15. The summed E-state index contributed by atoms with van der Waals surface area (Å²) in [5, 5.41) is 0. The van der Waals surface area contributed by atoms with Crippen LogP contribution in [0.25, 0.3) is 0 Å². The van der Waals surface area contributed by atoms with E-state index in [0.717, 1.165) is 4.90 Å². The third-order valence-corrected chi connectivity index (χ3v) is 4.69. The normalized spacial score (nSPS) is 10.8. The first-order valence-electron chi connectivity index (χ1n) is 10.4. The fourth-order valence-electron chi connectivity index (χ4n) is 3.10. The number of nitrogens with zero attached hydrogens (tertiary/aromatic N) is 2. The van der Waals surface area contributed by atoms with E-state index in [1.165, 1.54) is 18.8 Å². The molecule has 0 atom stereocenters. The monoisotopic (exact) mass is 462 g/mol. The Hall–Kier alpha value is -3.60. The number of nitrogens with one attached hydrogen (secondary N) is 1. The number of carbonyl (C=O) groups excluding carboxylic acids is 2. The van der Waals surface area contributed by atoms with Crippen LogP contribution in [0.15, 0.2) is 33.9 Å². The summed E-state index contributed by atoms with van der Waals surface area (Å²) in [7, 11) is 2.97. The molecule has 1 heterocycles. The lowest BCUT2D eigenvalue weighted by atomic mass is 10.2. The second kappa shape index (κ2) is 11.9. The van der Waals surface area contributed by atoms with Crippen LogP contribution < -0.4 is 31.4 Å². The summed E-state index contributed by atoms with van der Waals surface area (Å²) in [5.41, 5.74) is 4.54. The molecule has 0 aliphatic carbocycles. The molecule has 180 valence electrons. The molecule has 0 unspecified atom stereocenters. The summed E-state index contributed by atoms with van der Waals surface area (Å²) in [6.07, 6.45) is -0.460. The molecule has 11 heteroatoms. The zero-order chi connectivity index (χ0) is 24.5. The Balaban J connectivity index is 2.20. The number of aromatic amines is 1. The van der Waals surface area contributed by atoms with Gasteiger partial charge in [-0.05, 0) is 30.2 Å². The maximum absolute atomic E-state index is 13.0. The maximum atomic E-state index is 13.0. The average molecular weight is 463 g/mol. The van der Waals surface area contributed by atoms with Gasteiger partial charge in [-0.15, -0.1) is 0 Å². The number of nitrogens with two attached hydrogens (primary N) is 1. The summed E-state index contributed by atoms with van der Waals surface area (Å²) >= 11 is 0. The number of methoxy groups -OCH3 is 2. The first-order valence-corrected chi connectivity index (χ1v) is 10.4. The molecule has 33 heavy (non-hydrogen) atoms. The molecular formula is C22H30N4O7. The van der Waals surface area contributed by atoms with Crippen LogP contribution in [0.1, 0.15) is 26.7 Å². The second-order valence-corrected chi connectivity index (χ2v) is 7.69. The van der Waals surface area contributed by atoms with Gasteiger partial charge in [-0.2, -0.15) is 0 Å². The molecule has 1 aromatic heterocycles. The van der Waals surface area contributed by atoms with Crippen molar-refractivity contribution in [1.82, 2.24) is 9.55 Å². The molecule has 11 nitrogen and oxygen atoms in total. The van der Waals surface area contributed by atoms with Gasteiger partial charge in [0.05, 0.1) is 20.1 Å². The minimum atomic E-state index is -0.789. The van der Waals surface area contributed by atoms with E-state index in [9.17, 15) is 19.2 Å². The van der Waals surface area contributed by atoms with Crippen LogP contribution in [0.4, 0.5) is 11.5 Å². The van der Waals surface area contributed by atoms with Crippen LogP contribution in [-0.2, 0) is 20.9 Å². The SMILES string of the molecule is COCCN(C(=O)CCC(=O)Oc1ccc(OC)cc1)c1c(N)n(CC(C)C)c(=O)[nH]c1=O. The van der Waals surface area contributed by atoms with E-state index in [0.29, 0.717) is 11.5 Å². The number of benzene rings is 1. The van der Waals surface area contributed by atoms with Crippen LogP contribution >= 0.6 is 0 Å². The number of nitrogen functional groups attached to an aromatic ring is 1. The zero-order valence-corrected chi connectivity index (χ0v) is 19.3. The van der Waals surface area contributed by atoms with Crippen LogP contribution in [0, 0.1) is 5.92 Å². The number of H-pyrrole nitrogens is 1. The molecule has 0 radical (unpaired) electrons. The smallest absolute Gasteiger partial charge is 0.330 e. The second-order valence-electron chi connectivity index (χ2n) is 7.69. The van der Waals surface area contributed by atoms with E-state index in [2.05, 4.69) is 4.98 Å². The van der Waals surface area contributed by atoms with Gasteiger partial charge in [0.1, 0.15) is 17.3 Å². The van der Waals surface area contributed by atoms with Crippen molar-refractivity contribution < 1.29 is 23.8 Å². The first-order chi connectivity index (χ1) is 15.7. The largest absolute Gasteiger partial charge is 0.497 e. The van der Waals surface area contributed by atoms with Crippen molar-refractivity contribution in [2.24, 2.45) is 5.92 Å². The number of ether oxygens (including phenoxy) is 3. The lowest BCUT2D eigenvalue weighted by molar-refractivity contribution is -0.136. The van der Waals surface area contributed by atoms with Gasteiger partial charge >= 0.3 is 11.7 Å². The van der Waals surface area contributed by atoms with Gasteiger partial charge < -0.3 is 24.8 Å². The fraction of sp³-hybridized carbons (Fsp3) is 0.455. The number of hydrogen-bond donors (Lipinski definition) is 2. The highest BCUT2D eigenvalue weighted by Gasteiger charge is 2.25. The van der Waals surface area contributed by atoms with Crippen molar-refractivity contribution in [2.45, 2.75) is 33.2 Å². The Morgan fingerprint density at radius 1 is 1.09 bits per heavy atom. The maximum Gasteiger partial charge on any atom is 0.330 e. The van der Waals surface area contributed by atoms with E-state index in [4.69, 9.17) is 19.9 Å². The van der Waals surface area contributed by atoms with Crippen LogP contribution in [0.5, 0.6) is 11.5 Å². The van der Waals surface area contributed by atoms with Gasteiger partial charge in [0, 0.05) is 26.6 Å². The minimum absolute atomic E-state index is 0.00994. The molecule has 3 N–H and O–H groups in total. The molecule has 0 saturated carbocycles. The highest BCUT2D eigenvalue weighted by atomic mass is 16.5. The van der Waals surface area contributed by atoms with Gasteiger partial charge in [-0.25, -0.2) is 4.79 Å². The molecule has 1 aromatic carbocycles. The Labute approximate surface area is 191 Å². The van der Waals surface area contributed by atoms with Crippen molar-refractivity contribution in [3.05, 3.63) is 45.1 Å². The lowest BCUT2D eigenvalue weighted by Crippen LogP contribution is -2.43. The van der Waals surface area contributed by atoms with E-state index >= 15 is 0 Å². The van der Waals surface area contributed by atoms with E-state index in [-0.39, 0.29) is 50.0 Å². The van der Waals surface area contributed by atoms with E-state index < -0.39 is 23.1 Å². The minimum Gasteiger partial charge on any atom is -0.497 e. The highest BCUT2D eigenvalue weighted by Crippen LogP contribution is 2.20. The number of aromatic nitrogens is 2. The molecule has 0 spiro atoms. The topological polar surface area (TPSA) is 146 Å². The molecule has 0 aliphatic rings. The number of hydrogen-bond acceptors (Lipinski definition) is 8. The molecular weight excluding hydrogens is 432 g/mol. The summed E-state index contributed by atoms with van der Waals surface area (Å²) in [4.78, 5) is 53.3. The van der Waals surface area contributed by atoms with Gasteiger partial charge in [-0.3, -0.25) is 23.9 Å². The van der Waals surface area contributed by atoms with Crippen LogP contribution in [0.2, 0.25) is 0 Å². The summed E-state index contributed by atoms with van der Waals surface area (Å²) in [5.74, 6) is -0.286. The summed E-state index contributed by atoms with van der Waals surface area (Å²) in [6.45, 7) is 4.16. The van der Waals surface area contributed by atoms with Gasteiger partial charge in [0.15, 0.2) is 5.69 Å². The summed E-state index contributed by atoms with van der Waals surface area (Å²) < 4.78 is 16.5. The van der Waals surface area contributed by atoms with E-state index in [1.807, 2.05) is 13.8 Å². The molecule has 2 aromatic rings. The Kier molecular flexibility index (Phi) is 9.22. The standard InChI is InChI=1S/C22H30N4O7/c1-14(2)13-26-20(23)19(21(29)24-22(26)30)25(11-12-31-3)17(27)9-10-18(28)33-16-7-5-15(32-4)6-8-16/h5-8,14H,9-13,23H2,1-4H3,(H,24,29,30). The Morgan fingerprint density at radius 2 is 1.73 bits per heavy atom. The van der Waals surface area contributed by atoms with Gasteiger partial charge in [0.2, 0.25) is 5.91 Å². The van der Waals surface area contributed by atoms with Crippen molar-refractivity contribution in [3.8, 4) is 11.5 Å². The van der Waals surface area contributed by atoms with Crippen molar-refractivity contribution in [2.75, 3.05) is 38.0 Å². The van der Waals surface area contributed by atoms with Crippen molar-refractivity contribution in [3.63, 3.8) is 0 Å². The molecule has 2 rings (SSSR count). The number of rotatable bonds is 11. The number of esters is 1. The molecule has 0 saturated heterocycles. The van der Waals surface area contributed by atoms with Crippen molar-refractivity contribution in [1.29, 1.82) is 0 Å². The van der Waals surface area contributed by atoms with E-state index in [1.54, 1.807) is 24.3 Å². The Morgan fingerprint density at radius 3 is 2.30 bits per heavy atom. The number of anilines is 2. The van der Waals surface area contributed by atoms with Crippen molar-refractivity contribution >= 4 is 23.4 Å². The van der Waals surface area contributed by atoms with Crippen LogP contribution in [-0.4, -0.2) is 48.8 Å². The first kappa shape index (κ1) is 25.7. The molecule has 0 bridgehead atoms. The van der Waals surface area contributed by atoms with Gasteiger partial charge in [0.25, 0.3) is 5.56 Å². The zero-order valence-electron chi connectivity index (χ0n) is 19.3. The fourth-order valence-corrected chi connectivity index (χ4v) is 3.10. The average Bonchev–Trinajstić information content (AvgIpc) is 2.77. The molecule has 1 amide bonds. The van der Waals surface area contributed by atoms with Crippen LogP contribution in [0.3, 0.4) is 0 Å².